The fourth-order valence-electron chi connectivity index (χ4n) is 1.86. The van der Waals surface area contributed by atoms with Gasteiger partial charge in [-0.25, -0.2) is 9.78 Å². The maximum atomic E-state index is 13.6. The minimum absolute atomic E-state index is 0.410. The van der Waals surface area contributed by atoms with E-state index in [0.717, 1.165) is 12.1 Å². The number of halogens is 17. The molecule has 0 aliphatic carbocycles. The van der Waals surface area contributed by atoms with Crippen LogP contribution in [0.15, 0.2) is 24.4 Å². The molecule has 0 aliphatic heterocycles. The highest BCUT2D eigenvalue weighted by Crippen LogP contribution is 2.63. The number of rotatable bonds is 8. The van der Waals surface area contributed by atoms with Crippen LogP contribution in [-0.4, -0.2) is 58.6 Å². The van der Waals surface area contributed by atoms with E-state index in [4.69, 9.17) is 0 Å². The number of aromatic nitrogens is 1. The smallest absolute Gasteiger partial charge is 0.403 e. The van der Waals surface area contributed by atoms with Crippen LogP contribution in [0.1, 0.15) is 0 Å². The zero-order valence-corrected chi connectivity index (χ0v) is 15.0. The lowest BCUT2D eigenvalue weighted by molar-refractivity contribution is -0.459. The number of ether oxygens (including phenoxy) is 1. The van der Waals surface area contributed by atoms with Gasteiger partial charge in [0.1, 0.15) is 0 Å². The molecule has 196 valence electrons. The fraction of sp³-hybridized carbons (Fsp3) is 0.571. The van der Waals surface area contributed by atoms with Gasteiger partial charge in [0.05, 0.1) is 0 Å². The number of carbonyl (C=O) groups excluding carboxylic acids is 1. The first-order valence-corrected chi connectivity index (χ1v) is 7.60. The summed E-state index contributed by atoms with van der Waals surface area (Å²) in [6, 6.07) is 2.17. The van der Waals surface area contributed by atoms with Crippen molar-refractivity contribution in [1.82, 2.24) is 4.98 Å². The van der Waals surface area contributed by atoms with Crippen LogP contribution in [0, 0.1) is 0 Å². The van der Waals surface area contributed by atoms with Crippen LogP contribution < -0.4 is 4.74 Å². The van der Waals surface area contributed by atoms with Crippen LogP contribution in [0.4, 0.5) is 74.6 Å². The molecular formula is C14H4F17NO2. The van der Waals surface area contributed by atoms with E-state index >= 15 is 0 Å². The summed E-state index contributed by atoms with van der Waals surface area (Å²) in [6.07, 6.45) is -7.24. The maximum absolute atomic E-state index is 13.6. The zero-order chi connectivity index (χ0) is 27.4. The van der Waals surface area contributed by atoms with Gasteiger partial charge in [-0.1, -0.05) is 6.07 Å². The monoisotopic (exact) mass is 541 g/mol. The molecule has 20 heteroatoms. The van der Waals surface area contributed by atoms with Crippen molar-refractivity contribution in [2.24, 2.45) is 0 Å². The third-order valence-electron chi connectivity index (χ3n) is 3.81. The molecular weight excluding hydrogens is 537 g/mol. The highest BCUT2D eigenvalue weighted by molar-refractivity contribution is 5.81. The van der Waals surface area contributed by atoms with Gasteiger partial charge in [-0.3, -0.25) is 0 Å². The first-order chi connectivity index (χ1) is 14.7. The molecule has 3 nitrogen and oxygen atoms in total. The normalized spacial score (nSPS) is 15.3. The van der Waals surface area contributed by atoms with Crippen LogP contribution >= 0.6 is 0 Å². The van der Waals surface area contributed by atoms with Crippen molar-refractivity contribution in [2.45, 2.75) is 47.6 Å². The Morgan fingerprint density at radius 2 is 0.971 bits per heavy atom. The Labute approximate surface area is 174 Å². The summed E-state index contributed by atoms with van der Waals surface area (Å²) >= 11 is 0. The molecule has 1 aromatic heterocycles. The van der Waals surface area contributed by atoms with E-state index in [9.17, 15) is 79.4 Å². The van der Waals surface area contributed by atoms with Crippen molar-refractivity contribution >= 4 is 5.97 Å². The first-order valence-electron chi connectivity index (χ1n) is 7.60. The molecule has 0 radical (unpaired) electrons. The van der Waals surface area contributed by atoms with E-state index in [1.165, 1.54) is 0 Å². The van der Waals surface area contributed by atoms with E-state index in [-0.39, 0.29) is 0 Å². The number of esters is 1. The summed E-state index contributed by atoms with van der Waals surface area (Å²) in [7, 11) is 0. The van der Waals surface area contributed by atoms with E-state index in [0.29, 0.717) is 12.3 Å². The summed E-state index contributed by atoms with van der Waals surface area (Å²) in [5.41, 5.74) is 0. The first kappa shape index (κ1) is 29.5. The minimum Gasteiger partial charge on any atom is -0.403 e. The largest absolute Gasteiger partial charge is 0.460 e. The Morgan fingerprint density at radius 3 is 1.32 bits per heavy atom. The summed E-state index contributed by atoms with van der Waals surface area (Å²) in [5, 5.41) is 0. The van der Waals surface area contributed by atoms with Crippen LogP contribution in [0.2, 0.25) is 0 Å². The van der Waals surface area contributed by atoms with Gasteiger partial charge in [-0.2, -0.15) is 74.6 Å². The molecule has 0 N–H and O–H groups in total. The van der Waals surface area contributed by atoms with Crippen molar-refractivity contribution in [3.63, 3.8) is 0 Å². The number of carbonyl (C=O) groups is 1. The van der Waals surface area contributed by atoms with E-state index in [1.807, 2.05) is 0 Å². The second kappa shape index (κ2) is 7.99. The second-order valence-corrected chi connectivity index (χ2v) is 6.08. The van der Waals surface area contributed by atoms with Crippen molar-refractivity contribution in [2.75, 3.05) is 0 Å². The van der Waals surface area contributed by atoms with Crippen molar-refractivity contribution in [3.05, 3.63) is 24.4 Å². The predicted octanol–water partition coefficient (Wildman–Crippen LogP) is 6.00. The number of hydrogen-bond acceptors (Lipinski definition) is 3. The number of hydrogen-bond donors (Lipinski definition) is 0. The van der Waals surface area contributed by atoms with Gasteiger partial charge >= 0.3 is 53.6 Å². The average molecular weight is 541 g/mol. The Morgan fingerprint density at radius 1 is 0.588 bits per heavy atom. The second-order valence-electron chi connectivity index (χ2n) is 6.08. The third kappa shape index (κ3) is 3.87. The van der Waals surface area contributed by atoms with Crippen LogP contribution in [-0.2, 0) is 4.79 Å². The van der Waals surface area contributed by atoms with E-state index in [2.05, 4.69) is 9.72 Å². The van der Waals surface area contributed by atoms with E-state index in [1.54, 1.807) is 0 Å². The number of pyridine rings is 1. The molecule has 0 bridgehead atoms. The van der Waals surface area contributed by atoms with Crippen molar-refractivity contribution in [1.29, 1.82) is 0 Å². The highest BCUT2D eigenvalue weighted by atomic mass is 19.4. The molecule has 0 atom stereocenters. The molecule has 0 unspecified atom stereocenters. The Bertz CT molecular complexity index is 893. The Kier molecular flexibility index (Phi) is 6.92. The number of nitrogens with zero attached hydrogens (tertiary/aromatic N) is 1. The van der Waals surface area contributed by atoms with Gasteiger partial charge in [0.15, 0.2) is 0 Å². The standard InChI is InChI=1S/C14H4F17NO2/c15-7(16,6(33)34-5-3-1-2-4-32-5)8(17,18)9(19,20)10(21,22)11(23,24)12(25,26)13(27,28)14(29,30)31/h1-4H. The molecule has 0 amide bonds. The summed E-state index contributed by atoms with van der Waals surface area (Å²) in [6.45, 7) is 0. The van der Waals surface area contributed by atoms with Gasteiger partial charge in [0.2, 0.25) is 5.88 Å². The lowest BCUT2D eigenvalue weighted by atomic mass is 9.89. The molecule has 0 aromatic carbocycles. The third-order valence-corrected chi connectivity index (χ3v) is 3.81. The molecule has 34 heavy (non-hydrogen) atoms. The van der Waals surface area contributed by atoms with Crippen LogP contribution in [0.3, 0.4) is 0 Å². The molecule has 0 saturated carbocycles. The SMILES string of the molecule is O=C(Oc1ccccn1)C(F)(F)C(F)(F)C(F)(F)C(F)(F)C(F)(F)C(F)(F)C(F)(F)C(F)(F)F. The quantitative estimate of drug-likeness (QED) is 0.300. The van der Waals surface area contributed by atoms with Gasteiger partial charge in [0, 0.05) is 12.3 Å². The Balaban J connectivity index is 3.57. The average Bonchev–Trinajstić information content (AvgIpc) is 2.66. The minimum atomic E-state index is -8.77. The summed E-state index contributed by atoms with van der Waals surface area (Å²) in [5.74, 6) is -63.7. The molecule has 0 fully saturated rings. The van der Waals surface area contributed by atoms with Gasteiger partial charge in [-0.15, -0.1) is 0 Å². The van der Waals surface area contributed by atoms with Gasteiger partial charge in [0.25, 0.3) is 0 Å². The molecule has 0 saturated heterocycles. The number of alkyl halides is 17. The van der Waals surface area contributed by atoms with Crippen molar-refractivity contribution in [3.8, 4) is 5.88 Å². The van der Waals surface area contributed by atoms with Crippen LogP contribution in [0.25, 0.3) is 0 Å². The Hall–Kier alpha value is -2.57. The zero-order valence-electron chi connectivity index (χ0n) is 15.0. The van der Waals surface area contributed by atoms with Gasteiger partial charge in [-0.05, 0) is 6.07 Å². The molecule has 1 heterocycles. The van der Waals surface area contributed by atoms with E-state index < -0.39 is 59.5 Å². The fourth-order valence-corrected chi connectivity index (χ4v) is 1.86. The lowest BCUT2D eigenvalue weighted by Gasteiger charge is -2.42. The lowest BCUT2D eigenvalue weighted by Crippen LogP contribution is -2.75. The summed E-state index contributed by atoms with van der Waals surface area (Å²) < 4.78 is 226. The van der Waals surface area contributed by atoms with Gasteiger partial charge < -0.3 is 4.74 Å². The topological polar surface area (TPSA) is 39.2 Å². The summed E-state index contributed by atoms with van der Waals surface area (Å²) in [4.78, 5) is 14.0. The van der Waals surface area contributed by atoms with Crippen molar-refractivity contribution < 1.29 is 84.2 Å². The predicted molar refractivity (Wildman–Crippen MR) is 70.6 cm³/mol. The highest BCUT2D eigenvalue weighted by Gasteiger charge is 2.96. The molecule has 0 aliphatic rings. The maximum Gasteiger partial charge on any atom is 0.460 e. The molecule has 1 aromatic rings. The molecule has 1 rings (SSSR count). The van der Waals surface area contributed by atoms with Crippen LogP contribution in [0.5, 0.6) is 5.88 Å². The molecule has 0 spiro atoms.